The number of unbranched alkanes of at least 4 members (excludes halogenated alkanes) is 6. The molecule has 0 heterocycles. The first kappa shape index (κ1) is 20.0. The Balaban J connectivity index is 3.81. The first-order chi connectivity index (χ1) is 9.49. The van der Waals surface area contributed by atoms with E-state index in [9.17, 15) is 0 Å². The van der Waals surface area contributed by atoms with E-state index in [0.29, 0.717) is 5.41 Å². The lowest BCUT2D eigenvalue weighted by atomic mass is 9.85. The van der Waals surface area contributed by atoms with Gasteiger partial charge in [-0.3, -0.25) is 0 Å². The van der Waals surface area contributed by atoms with Crippen molar-refractivity contribution in [3.63, 3.8) is 0 Å². The predicted octanol–water partition coefficient (Wildman–Crippen LogP) is 7.76. The van der Waals surface area contributed by atoms with Crippen molar-refractivity contribution in [2.24, 2.45) is 11.3 Å². The van der Waals surface area contributed by atoms with Gasteiger partial charge in [-0.05, 0) is 17.8 Å². The molecular formula is C20H42. The summed E-state index contributed by atoms with van der Waals surface area (Å²) in [5.74, 6) is 1.02. The number of hydrogen-bond acceptors (Lipinski definition) is 0. The van der Waals surface area contributed by atoms with E-state index in [1.54, 1.807) is 0 Å². The van der Waals surface area contributed by atoms with E-state index >= 15 is 0 Å². The van der Waals surface area contributed by atoms with Crippen LogP contribution >= 0.6 is 0 Å². The van der Waals surface area contributed by atoms with Crippen LogP contribution in [0.15, 0.2) is 0 Å². The van der Waals surface area contributed by atoms with Gasteiger partial charge in [0.15, 0.2) is 0 Å². The Morgan fingerprint density at radius 3 is 1.60 bits per heavy atom. The molecule has 0 aromatic carbocycles. The van der Waals surface area contributed by atoms with E-state index in [1.165, 1.54) is 83.5 Å². The van der Waals surface area contributed by atoms with Crippen LogP contribution in [0, 0.1) is 11.3 Å². The van der Waals surface area contributed by atoms with Crippen molar-refractivity contribution in [1.82, 2.24) is 0 Å². The lowest BCUT2D eigenvalue weighted by Crippen LogP contribution is -2.07. The van der Waals surface area contributed by atoms with E-state index in [0.717, 1.165) is 5.92 Å². The molecule has 1 unspecified atom stereocenters. The second-order valence-electron chi connectivity index (χ2n) is 8.02. The average molecular weight is 283 g/mol. The summed E-state index contributed by atoms with van der Waals surface area (Å²) in [5.41, 5.74) is 0.523. The summed E-state index contributed by atoms with van der Waals surface area (Å²) in [4.78, 5) is 0. The monoisotopic (exact) mass is 282 g/mol. The van der Waals surface area contributed by atoms with Crippen LogP contribution in [0.25, 0.3) is 0 Å². The molecule has 0 fully saturated rings. The van der Waals surface area contributed by atoms with Crippen LogP contribution in [0.3, 0.4) is 0 Å². The second-order valence-corrected chi connectivity index (χ2v) is 8.02. The summed E-state index contributed by atoms with van der Waals surface area (Å²) >= 11 is 0. The van der Waals surface area contributed by atoms with Crippen molar-refractivity contribution in [1.29, 1.82) is 0 Å². The third-order valence-electron chi connectivity index (χ3n) is 4.47. The first-order valence-electron chi connectivity index (χ1n) is 9.49. The molecule has 20 heavy (non-hydrogen) atoms. The third kappa shape index (κ3) is 14.4. The molecule has 0 spiro atoms. The smallest absolute Gasteiger partial charge is 0.0383 e. The van der Waals surface area contributed by atoms with Crippen molar-refractivity contribution in [3.8, 4) is 0 Å². The lowest BCUT2D eigenvalue weighted by molar-refractivity contribution is 0.315. The van der Waals surface area contributed by atoms with Crippen molar-refractivity contribution >= 4 is 0 Å². The summed E-state index contributed by atoms with van der Waals surface area (Å²) in [5, 5.41) is 0. The Hall–Kier alpha value is 0. The zero-order chi connectivity index (χ0) is 15.3. The molecule has 0 aromatic heterocycles. The number of hydrogen-bond donors (Lipinski definition) is 0. The fourth-order valence-corrected chi connectivity index (χ4v) is 3.07. The standard InChI is InChI=1S/C20H42/c1-6-8-10-11-13-16-19(15-12-9-7-2)17-14-18-20(3,4)5/h19H,6-18H2,1-5H3. The van der Waals surface area contributed by atoms with Crippen LogP contribution in [0.4, 0.5) is 0 Å². The fourth-order valence-electron chi connectivity index (χ4n) is 3.07. The van der Waals surface area contributed by atoms with Gasteiger partial charge in [0.05, 0.1) is 0 Å². The highest BCUT2D eigenvalue weighted by Gasteiger charge is 2.13. The molecule has 1 atom stereocenters. The number of rotatable bonds is 13. The largest absolute Gasteiger partial charge is 0.0654 e. The Kier molecular flexibility index (Phi) is 12.7. The van der Waals surface area contributed by atoms with E-state index in [4.69, 9.17) is 0 Å². The van der Waals surface area contributed by atoms with Gasteiger partial charge >= 0.3 is 0 Å². The van der Waals surface area contributed by atoms with Crippen LogP contribution in [-0.4, -0.2) is 0 Å². The van der Waals surface area contributed by atoms with Gasteiger partial charge in [0.1, 0.15) is 0 Å². The van der Waals surface area contributed by atoms with Crippen LogP contribution < -0.4 is 0 Å². The maximum absolute atomic E-state index is 2.38. The fraction of sp³-hybridized carbons (Fsp3) is 1.00. The quantitative estimate of drug-likeness (QED) is 0.303. The summed E-state index contributed by atoms with van der Waals surface area (Å²) in [6.07, 6.45) is 18.8. The molecule has 0 radical (unpaired) electrons. The van der Waals surface area contributed by atoms with Gasteiger partial charge in [0.2, 0.25) is 0 Å². The molecule has 0 saturated heterocycles. The SMILES string of the molecule is CCCCCCCC(CCCCC)CCCC(C)(C)C. The highest BCUT2D eigenvalue weighted by atomic mass is 14.2. The van der Waals surface area contributed by atoms with Crippen LogP contribution in [0.1, 0.15) is 118 Å². The van der Waals surface area contributed by atoms with E-state index in [1.807, 2.05) is 0 Å². The minimum absolute atomic E-state index is 0.523. The summed E-state index contributed by atoms with van der Waals surface area (Å²) in [7, 11) is 0. The molecule has 0 amide bonds. The van der Waals surface area contributed by atoms with Crippen molar-refractivity contribution in [2.45, 2.75) is 118 Å². The molecule has 0 bridgehead atoms. The minimum Gasteiger partial charge on any atom is -0.0654 e. The highest BCUT2D eigenvalue weighted by molar-refractivity contribution is 4.66. The first-order valence-corrected chi connectivity index (χ1v) is 9.49. The van der Waals surface area contributed by atoms with Crippen molar-refractivity contribution in [3.05, 3.63) is 0 Å². The molecule has 0 saturated carbocycles. The lowest BCUT2D eigenvalue weighted by Gasteiger charge is -2.21. The van der Waals surface area contributed by atoms with Gasteiger partial charge in [-0.2, -0.15) is 0 Å². The minimum atomic E-state index is 0.523. The van der Waals surface area contributed by atoms with Gasteiger partial charge in [0.25, 0.3) is 0 Å². The van der Waals surface area contributed by atoms with Crippen LogP contribution in [0.2, 0.25) is 0 Å². The third-order valence-corrected chi connectivity index (χ3v) is 4.47. The van der Waals surface area contributed by atoms with Gasteiger partial charge in [-0.15, -0.1) is 0 Å². The molecule has 0 nitrogen and oxygen atoms in total. The zero-order valence-corrected chi connectivity index (χ0v) is 15.3. The maximum Gasteiger partial charge on any atom is -0.0383 e. The van der Waals surface area contributed by atoms with E-state index in [2.05, 4.69) is 34.6 Å². The van der Waals surface area contributed by atoms with Crippen LogP contribution in [-0.2, 0) is 0 Å². The molecule has 0 aliphatic carbocycles. The van der Waals surface area contributed by atoms with Gasteiger partial charge in [-0.1, -0.05) is 112 Å². The highest BCUT2D eigenvalue weighted by Crippen LogP contribution is 2.27. The van der Waals surface area contributed by atoms with Gasteiger partial charge < -0.3 is 0 Å². The summed E-state index contributed by atoms with van der Waals surface area (Å²) < 4.78 is 0. The normalized spacial score (nSPS) is 13.7. The Morgan fingerprint density at radius 1 is 0.600 bits per heavy atom. The average Bonchev–Trinajstić information content (AvgIpc) is 2.36. The molecule has 0 N–H and O–H groups in total. The van der Waals surface area contributed by atoms with Gasteiger partial charge in [-0.25, -0.2) is 0 Å². The molecule has 0 aromatic rings. The molecule has 0 heteroatoms. The van der Waals surface area contributed by atoms with Crippen molar-refractivity contribution < 1.29 is 0 Å². The van der Waals surface area contributed by atoms with E-state index < -0.39 is 0 Å². The van der Waals surface area contributed by atoms with Crippen LogP contribution in [0.5, 0.6) is 0 Å². The molecule has 0 rings (SSSR count). The predicted molar refractivity (Wildman–Crippen MR) is 94.3 cm³/mol. The summed E-state index contributed by atoms with van der Waals surface area (Å²) in [6.45, 7) is 11.8. The molecule has 0 aliphatic heterocycles. The Labute approximate surface area is 130 Å². The molecule has 0 aliphatic rings. The van der Waals surface area contributed by atoms with Gasteiger partial charge in [0, 0.05) is 0 Å². The summed E-state index contributed by atoms with van der Waals surface area (Å²) in [6, 6.07) is 0. The Morgan fingerprint density at radius 2 is 1.05 bits per heavy atom. The topological polar surface area (TPSA) is 0 Å². The zero-order valence-electron chi connectivity index (χ0n) is 15.3. The van der Waals surface area contributed by atoms with E-state index in [-0.39, 0.29) is 0 Å². The molecular weight excluding hydrogens is 240 g/mol. The van der Waals surface area contributed by atoms with Crippen molar-refractivity contribution in [2.75, 3.05) is 0 Å². The Bertz CT molecular complexity index is 187. The molecule has 122 valence electrons. The maximum atomic E-state index is 2.38. The second kappa shape index (κ2) is 12.7.